The van der Waals surface area contributed by atoms with Gasteiger partial charge in [0.15, 0.2) is 0 Å². The topological polar surface area (TPSA) is 72.2 Å². The van der Waals surface area contributed by atoms with E-state index in [1.54, 1.807) is 20.8 Å². The van der Waals surface area contributed by atoms with Gasteiger partial charge in [0.25, 0.3) is 0 Å². The minimum absolute atomic E-state index is 0.178. The van der Waals surface area contributed by atoms with Gasteiger partial charge in [0, 0.05) is 12.6 Å². The molecule has 0 heterocycles. The van der Waals surface area contributed by atoms with Crippen molar-refractivity contribution in [2.45, 2.75) is 32.1 Å². The van der Waals surface area contributed by atoms with Crippen LogP contribution in [0.15, 0.2) is 0 Å². The van der Waals surface area contributed by atoms with Gasteiger partial charge in [-0.1, -0.05) is 0 Å². The summed E-state index contributed by atoms with van der Waals surface area (Å²) >= 11 is 0. The fraction of sp³-hybridized carbons (Fsp3) is 1.00. The molecule has 0 aromatic rings. The quantitative estimate of drug-likeness (QED) is 0.622. The maximum Gasteiger partial charge on any atom is 0.214 e. The molecule has 0 aromatic heterocycles. The van der Waals surface area contributed by atoms with Gasteiger partial charge in [0.1, 0.15) is 0 Å². The van der Waals surface area contributed by atoms with Gasteiger partial charge in [-0.25, -0.2) is 13.1 Å². The second-order valence-corrected chi connectivity index (χ2v) is 5.12. The number of nitrogens with two attached hydrogens (primary N) is 1. The van der Waals surface area contributed by atoms with E-state index in [1.165, 1.54) is 0 Å². The summed E-state index contributed by atoms with van der Waals surface area (Å²) in [5.74, 6) is 0. The molecule has 0 aliphatic heterocycles. The van der Waals surface area contributed by atoms with Crippen LogP contribution in [0.3, 0.4) is 0 Å². The largest absolute Gasteiger partial charge is 0.329 e. The molecule has 4 nitrogen and oxygen atoms in total. The lowest BCUT2D eigenvalue weighted by atomic mass is 10.4. The van der Waals surface area contributed by atoms with E-state index in [2.05, 4.69) is 4.72 Å². The third-order valence-corrected chi connectivity index (χ3v) is 3.31. The molecule has 0 spiro atoms. The fourth-order valence-electron chi connectivity index (χ4n) is 0.465. The van der Waals surface area contributed by atoms with E-state index in [9.17, 15) is 8.42 Å². The third kappa shape index (κ3) is 3.69. The number of rotatable bonds is 4. The van der Waals surface area contributed by atoms with Gasteiger partial charge < -0.3 is 5.73 Å². The van der Waals surface area contributed by atoms with Crippen molar-refractivity contribution in [2.75, 3.05) is 6.54 Å². The number of sulfonamides is 1. The third-order valence-electron chi connectivity index (χ3n) is 1.34. The van der Waals surface area contributed by atoms with Crippen molar-refractivity contribution in [3.63, 3.8) is 0 Å². The number of hydrogen-bond donors (Lipinski definition) is 2. The van der Waals surface area contributed by atoms with Crippen LogP contribution < -0.4 is 10.5 Å². The molecule has 0 radical (unpaired) electrons. The van der Waals surface area contributed by atoms with E-state index in [-0.39, 0.29) is 6.04 Å². The summed E-state index contributed by atoms with van der Waals surface area (Å²) in [6.45, 7) is 5.32. The van der Waals surface area contributed by atoms with E-state index in [0.29, 0.717) is 6.54 Å². The van der Waals surface area contributed by atoms with Crippen LogP contribution in [0.4, 0.5) is 0 Å². The Morgan fingerprint density at radius 1 is 1.36 bits per heavy atom. The normalized spacial score (nSPS) is 15.4. The van der Waals surface area contributed by atoms with Crippen LogP contribution in [0.2, 0.25) is 0 Å². The molecule has 0 amide bonds. The van der Waals surface area contributed by atoms with Crippen molar-refractivity contribution in [1.82, 2.24) is 4.72 Å². The first-order valence-electron chi connectivity index (χ1n) is 3.61. The molecular weight excluding hydrogens is 164 g/mol. The molecule has 0 saturated carbocycles. The molecule has 5 heteroatoms. The number of nitrogens with one attached hydrogen (secondary N) is 1. The zero-order valence-electron chi connectivity index (χ0n) is 7.16. The van der Waals surface area contributed by atoms with Gasteiger partial charge in [-0.15, -0.1) is 0 Å². The first-order chi connectivity index (χ1) is 4.90. The molecule has 0 saturated heterocycles. The highest BCUT2D eigenvalue weighted by Gasteiger charge is 2.17. The lowest BCUT2D eigenvalue weighted by Crippen LogP contribution is -2.41. The van der Waals surface area contributed by atoms with Crippen molar-refractivity contribution in [2.24, 2.45) is 5.73 Å². The lowest BCUT2D eigenvalue weighted by Gasteiger charge is -2.13. The summed E-state index contributed by atoms with van der Waals surface area (Å²) in [6.07, 6.45) is 0. The Morgan fingerprint density at radius 3 is 2.09 bits per heavy atom. The summed E-state index contributed by atoms with van der Waals surface area (Å²) in [4.78, 5) is 0. The first-order valence-corrected chi connectivity index (χ1v) is 5.16. The van der Waals surface area contributed by atoms with Crippen molar-refractivity contribution in [3.05, 3.63) is 0 Å². The van der Waals surface area contributed by atoms with Gasteiger partial charge in [0.05, 0.1) is 5.25 Å². The van der Waals surface area contributed by atoms with Gasteiger partial charge in [-0.2, -0.15) is 0 Å². The summed E-state index contributed by atoms with van der Waals surface area (Å²) < 4.78 is 24.7. The lowest BCUT2D eigenvalue weighted by molar-refractivity contribution is 0.554. The van der Waals surface area contributed by atoms with Crippen LogP contribution in [-0.2, 0) is 10.0 Å². The smallest absolute Gasteiger partial charge is 0.214 e. The summed E-state index contributed by atoms with van der Waals surface area (Å²) in [7, 11) is -3.14. The Kier molecular flexibility index (Phi) is 3.99. The Hall–Kier alpha value is -0.130. The summed E-state index contributed by atoms with van der Waals surface area (Å²) in [6, 6.07) is -0.178. The highest BCUT2D eigenvalue weighted by Crippen LogP contribution is 1.96. The molecule has 0 rings (SSSR count). The molecule has 0 aromatic carbocycles. The highest BCUT2D eigenvalue weighted by molar-refractivity contribution is 7.90. The van der Waals surface area contributed by atoms with Crippen LogP contribution in [-0.4, -0.2) is 26.3 Å². The van der Waals surface area contributed by atoms with E-state index in [4.69, 9.17) is 5.73 Å². The van der Waals surface area contributed by atoms with Gasteiger partial charge in [-0.3, -0.25) is 0 Å². The molecule has 3 N–H and O–H groups in total. The Labute approximate surface area is 68.2 Å². The summed E-state index contributed by atoms with van der Waals surface area (Å²) in [5.41, 5.74) is 5.25. The minimum Gasteiger partial charge on any atom is -0.329 e. The molecule has 0 fully saturated rings. The van der Waals surface area contributed by atoms with E-state index >= 15 is 0 Å². The van der Waals surface area contributed by atoms with Crippen LogP contribution >= 0.6 is 0 Å². The monoisotopic (exact) mass is 180 g/mol. The van der Waals surface area contributed by atoms with Crippen molar-refractivity contribution >= 4 is 10.0 Å². The summed E-state index contributed by atoms with van der Waals surface area (Å²) in [5, 5.41) is -0.392. The predicted octanol–water partition coefficient (Wildman–Crippen LogP) is -0.339. The average Bonchev–Trinajstić information content (AvgIpc) is 1.86. The van der Waals surface area contributed by atoms with Crippen LogP contribution in [0.1, 0.15) is 20.8 Å². The zero-order valence-corrected chi connectivity index (χ0v) is 7.98. The van der Waals surface area contributed by atoms with E-state index < -0.39 is 15.3 Å². The minimum atomic E-state index is -3.14. The van der Waals surface area contributed by atoms with Crippen LogP contribution in [0.5, 0.6) is 0 Å². The molecule has 1 atom stereocenters. The Bertz CT molecular complexity index is 199. The fourth-order valence-corrected chi connectivity index (χ4v) is 1.39. The molecule has 11 heavy (non-hydrogen) atoms. The van der Waals surface area contributed by atoms with Gasteiger partial charge in [0.2, 0.25) is 10.0 Å². The van der Waals surface area contributed by atoms with Crippen molar-refractivity contribution < 1.29 is 8.42 Å². The molecule has 0 aliphatic carbocycles. The second kappa shape index (κ2) is 4.04. The second-order valence-electron chi connectivity index (χ2n) is 2.85. The maximum atomic E-state index is 11.1. The van der Waals surface area contributed by atoms with Crippen LogP contribution in [0, 0.1) is 0 Å². The van der Waals surface area contributed by atoms with Crippen molar-refractivity contribution in [1.29, 1.82) is 0 Å². The standard InChI is InChI=1S/C6H16N2O2S/c1-5(2)11(9,10)8-6(3)4-7/h5-6,8H,4,7H2,1-3H3/t6-/m1/s1. The SMILES string of the molecule is CC(C)S(=O)(=O)N[C@H](C)CN. The van der Waals surface area contributed by atoms with Crippen molar-refractivity contribution in [3.8, 4) is 0 Å². The molecule has 0 aliphatic rings. The van der Waals surface area contributed by atoms with E-state index in [1.807, 2.05) is 0 Å². The first kappa shape index (κ1) is 10.9. The molecule has 68 valence electrons. The zero-order chi connectivity index (χ0) is 9.07. The van der Waals surface area contributed by atoms with Crippen LogP contribution in [0.25, 0.3) is 0 Å². The molecule has 0 bridgehead atoms. The number of hydrogen-bond acceptors (Lipinski definition) is 3. The predicted molar refractivity (Wildman–Crippen MR) is 45.7 cm³/mol. The average molecular weight is 180 g/mol. The maximum absolute atomic E-state index is 11.1. The van der Waals surface area contributed by atoms with Gasteiger partial charge >= 0.3 is 0 Å². The Morgan fingerprint density at radius 2 is 1.82 bits per heavy atom. The highest BCUT2D eigenvalue weighted by atomic mass is 32.2. The van der Waals surface area contributed by atoms with E-state index in [0.717, 1.165) is 0 Å². The Balaban J connectivity index is 4.15. The van der Waals surface area contributed by atoms with Gasteiger partial charge in [-0.05, 0) is 20.8 Å². The molecular formula is C6H16N2O2S. The molecule has 0 unspecified atom stereocenters.